The van der Waals surface area contributed by atoms with Crippen molar-refractivity contribution in [3.63, 3.8) is 0 Å². The van der Waals surface area contributed by atoms with Gasteiger partial charge in [0.15, 0.2) is 0 Å². The first-order chi connectivity index (χ1) is 15.4. The Hall–Kier alpha value is -1.88. The lowest BCUT2D eigenvalue weighted by molar-refractivity contribution is -0.146. The molecule has 11 heteroatoms. The Morgan fingerprint density at radius 3 is 2.03 bits per heavy atom. The van der Waals surface area contributed by atoms with Gasteiger partial charge in [-0.2, -0.15) is 0 Å². The minimum absolute atomic E-state index is 0.00215. The van der Waals surface area contributed by atoms with Gasteiger partial charge in [-0.25, -0.2) is 4.79 Å². The molecule has 0 aromatic carbocycles. The number of ether oxygens (including phenoxy) is 4. The Balaban J connectivity index is 5.35. The molecule has 0 aliphatic carbocycles. The van der Waals surface area contributed by atoms with Crippen molar-refractivity contribution in [1.82, 2.24) is 4.90 Å². The molecule has 0 aliphatic rings. The van der Waals surface area contributed by atoms with Crippen molar-refractivity contribution in [1.29, 1.82) is 0 Å². The maximum Gasteiger partial charge on any atom is 0.410 e. The van der Waals surface area contributed by atoms with Gasteiger partial charge in [0, 0.05) is 24.8 Å². The largest absolute Gasteiger partial charge is 0.479 e. The van der Waals surface area contributed by atoms with Gasteiger partial charge in [0.1, 0.15) is 17.8 Å². The molecule has 190 valence electrons. The summed E-state index contributed by atoms with van der Waals surface area (Å²) in [5, 5.41) is -0.315. The molecule has 9 nitrogen and oxygen atoms in total. The van der Waals surface area contributed by atoms with Gasteiger partial charge in [-0.3, -0.25) is 14.4 Å². The molecule has 0 aliphatic heterocycles. The summed E-state index contributed by atoms with van der Waals surface area (Å²) in [5.41, 5.74) is -0.724. The van der Waals surface area contributed by atoms with Gasteiger partial charge in [0.05, 0.1) is 26.2 Å². The number of ketones is 1. The third-order valence-corrected chi connectivity index (χ3v) is 5.32. The predicted octanol–water partition coefficient (Wildman–Crippen LogP) is 3.90. The smallest absolute Gasteiger partial charge is 0.410 e. The normalized spacial score (nSPS) is 11.8. The number of nitrogens with zero attached hydrogens (tertiary/aromatic N) is 1. The van der Waals surface area contributed by atoms with Crippen molar-refractivity contribution in [2.45, 2.75) is 78.1 Å². The molecule has 0 saturated heterocycles. The molecule has 0 bridgehead atoms. The topological polar surface area (TPSA) is 108 Å². The van der Waals surface area contributed by atoms with Crippen molar-refractivity contribution in [2.75, 3.05) is 32.9 Å². The minimum atomic E-state index is -0.724. The van der Waals surface area contributed by atoms with Crippen molar-refractivity contribution in [3.8, 4) is 0 Å². The molecule has 1 amide bonds. The number of thiocarbonyl (C=S) groups is 1. The summed E-state index contributed by atoms with van der Waals surface area (Å²) in [6.45, 7) is 11.5. The summed E-state index contributed by atoms with van der Waals surface area (Å²) in [7, 11) is 0. The van der Waals surface area contributed by atoms with Gasteiger partial charge in [-0.05, 0) is 60.2 Å². The van der Waals surface area contributed by atoms with Gasteiger partial charge >= 0.3 is 18.0 Å². The van der Waals surface area contributed by atoms with Crippen LogP contribution in [0.4, 0.5) is 4.79 Å². The van der Waals surface area contributed by atoms with Crippen molar-refractivity contribution >= 4 is 52.2 Å². The second-order valence-corrected chi connectivity index (χ2v) is 9.87. The lowest BCUT2D eigenvalue weighted by Gasteiger charge is -2.30. The fourth-order valence-electron chi connectivity index (χ4n) is 2.55. The molecule has 1 atom stereocenters. The van der Waals surface area contributed by atoms with Crippen LogP contribution in [0.2, 0.25) is 0 Å². The molecule has 0 spiro atoms. The molecule has 0 fully saturated rings. The number of hydrogen-bond donors (Lipinski definition) is 0. The zero-order valence-electron chi connectivity index (χ0n) is 20.5. The van der Waals surface area contributed by atoms with Gasteiger partial charge in [0.2, 0.25) is 4.38 Å². The summed E-state index contributed by atoms with van der Waals surface area (Å²) in [6.07, 6.45) is -0.445. The summed E-state index contributed by atoms with van der Waals surface area (Å²) in [6, 6.07) is 0. The SMILES string of the molecule is CCOC(=O)CCN(CC(CCC(=O)CC(=O)OCC)SC(=S)OCC)C(=O)OC(C)(C)C. The average molecular weight is 508 g/mol. The van der Waals surface area contributed by atoms with Crippen LogP contribution in [0.1, 0.15) is 67.2 Å². The first-order valence-electron chi connectivity index (χ1n) is 11.1. The van der Waals surface area contributed by atoms with Gasteiger partial charge < -0.3 is 23.8 Å². The summed E-state index contributed by atoms with van der Waals surface area (Å²) in [4.78, 5) is 49.8. The Labute approximate surface area is 206 Å². The summed E-state index contributed by atoms with van der Waals surface area (Å²) < 4.78 is 20.9. The highest BCUT2D eigenvalue weighted by Gasteiger charge is 2.27. The van der Waals surface area contributed by atoms with Crippen LogP contribution in [0.25, 0.3) is 0 Å². The molecule has 0 aromatic rings. The average Bonchev–Trinajstić information content (AvgIpc) is 2.68. The number of esters is 2. The maximum atomic E-state index is 12.8. The molecule has 0 rings (SSSR count). The van der Waals surface area contributed by atoms with E-state index in [9.17, 15) is 19.2 Å². The highest BCUT2D eigenvalue weighted by atomic mass is 32.2. The van der Waals surface area contributed by atoms with E-state index in [-0.39, 0.29) is 61.0 Å². The second-order valence-electron chi connectivity index (χ2n) is 7.96. The first-order valence-corrected chi connectivity index (χ1v) is 12.3. The van der Waals surface area contributed by atoms with E-state index in [0.717, 1.165) is 0 Å². The number of amides is 1. The van der Waals surface area contributed by atoms with E-state index in [1.165, 1.54) is 16.7 Å². The standard InChI is InChI=1S/C22H37NO8S2/c1-7-28-18(25)12-13-23(20(27)31-22(4,5)6)15-17(33-21(32)30-9-3)11-10-16(24)14-19(26)29-8-2/h17H,7-15H2,1-6H3. The monoisotopic (exact) mass is 507 g/mol. The van der Waals surface area contributed by atoms with Crippen molar-refractivity contribution in [2.24, 2.45) is 0 Å². The van der Waals surface area contributed by atoms with E-state index in [1.54, 1.807) is 41.5 Å². The fraction of sp³-hybridized carbons (Fsp3) is 0.773. The molecule has 0 saturated carbocycles. The summed E-state index contributed by atoms with van der Waals surface area (Å²) in [5.74, 6) is -1.26. The van der Waals surface area contributed by atoms with Crippen LogP contribution in [-0.2, 0) is 33.3 Å². The lowest BCUT2D eigenvalue weighted by Crippen LogP contribution is -2.42. The Morgan fingerprint density at radius 2 is 1.48 bits per heavy atom. The van der Waals surface area contributed by atoms with E-state index in [4.69, 9.17) is 31.2 Å². The van der Waals surface area contributed by atoms with E-state index >= 15 is 0 Å². The number of hydrogen-bond acceptors (Lipinski definition) is 10. The van der Waals surface area contributed by atoms with E-state index in [2.05, 4.69) is 0 Å². The molecular formula is C22H37NO8S2. The zero-order valence-corrected chi connectivity index (χ0v) is 22.1. The van der Waals surface area contributed by atoms with Crippen LogP contribution < -0.4 is 0 Å². The van der Waals surface area contributed by atoms with E-state index < -0.39 is 23.6 Å². The maximum absolute atomic E-state index is 12.8. The number of carbonyl (C=O) groups is 4. The minimum Gasteiger partial charge on any atom is -0.479 e. The highest BCUT2D eigenvalue weighted by molar-refractivity contribution is 8.23. The Morgan fingerprint density at radius 1 is 0.909 bits per heavy atom. The number of carbonyl (C=O) groups excluding carboxylic acids is 4. The van der Waals surface area contributed by atoms with Crippen LogP contribution in [0.3, 0.4) is 0 Å². The molecule has 1 unspecified atom stereocenters. The first kappa shape index (κ1) is 31.1. The Bertz CT molecular complexity index is 663. The number of Topliss-reactive ketones (excluding diaryl/α,β-unsaturated/α-hetero) is 1. The van der Waals surface area contributed by atoms with Gasteiger partial charge in [-0.1, -0.05) is 11.8 Å². The van der Waals surface area contributed by atoms with Gasteiger partial charge in [-0.15, -0.1) is 0 Å². The number of rotatable bonds is 14. The fourth-order valence-corrected chi connectivity index (χ4v) is 4.02. The Kier molecular flexibility index (Phi) is 15.7. The second kappa shape index (κ2) is 16.7. The summed E-state index contributed by atoms with van der Waals surface area (Å²) >= 11 is 6.46. The molecule has 0 N–H and O–H groups in total. The third kappa shape index (κ3) is 16.4. The van der Waals surface area contributed by atoms with E-state index in [0.29, 0.717) is 13.0 Å². The van der Waals surface area contributed by atoms with Crippen LogP contribution in [0.15, 0.2) is 0 Å². The van der Waals surface area contributed by atoms with E-state index in [1.807, 2.05) is 0 Å². The lowest BCUT2D eigenvalue weighted by atomic mass is 10.1. The third-order valence-electron chi connectivity index (χ3n) is 3.88. The van der Waals surface area contributed by atoms with Crippen molar-refractivity contribution in [3.05, 3.63) is 0 Å². The van der Waals surface area contributed by atoms with Crippen LogP contribution in [0.5, 0.6) is 0 Å². The molecule has 0 heterocycles. The zero-order chi connectivity index (χ0) is 25.4. The highest BCUT2D eigenvalue weighted by Crippen LogP contribution is 2.23. The molecule has 0 radical (unpaired) electrons. The van der Waals surface area contributed by atoms with Gasteiger partial charge in [0.25, 0.3) is 0 Å². The molecule has 0 aromatic heterocycles. The van der Waals surface area contributed by atoms with Crippen LogP contribution in [0, 0.1) is 0 Å². The number of thioether (sulfide) groups is 1. The molecule has 33 heavy (non-hydrogen) atoms. The predicted molar refractivity (Wildman–Crippen MR) is 130 cm³/mol. The van der Waals surface area contributed by atoms with Crippen molar-refractivity contribution < 1.29 is 38.1 Å². The van der Waals surface area contributed by atoms with Crippen LogP contribution >= 0.6 is 24.0 Å². The quantitative estimate of drug-likeness (QED) is 0.149. The molecular weight excluding hydrogens is 470 g/mol. The van der Waals surface area contributed by atoms with Crippen LogP contribution in [-0.4, -0.2) is 76.9 Å².